The zero-order valence-corrected chi connectivity index (χ0v) is 14.4. The van der Waals surface area contributed by atoms with Crippen LogP contribution in [0.4, 0.5) is 4.39 Å². The summed E-state index contributed by atoms with van der Waals surface area (Å²) < 4.78 is 13.8. The molecule has 1 aliphatic carbocycles. The average molecular weight is 348 g/mol. The first-order valence-corrected chi connectivity index (χ1v) is 9.03. The predicted molar refractivity (Wildman–Crippen MR) is 91.3 cm³/mol. The second-order valence-corrected chi connectivity index (χ2v) is 7.03. The number of carbonyl (C=O) groups is 2. The van der Waals surface area contributed by atoms with E-state index in [1.165, 1.54) is 6.07 Å². The van der Waals surface area contributed by atoms with Gasteiger partial charge in [-0.2, -0.15) is 0 Å². The van der Waals surface area contributed by atoms with Gasteiger partial charge in [-0.3, -0.25) is 14.5 Å². The molecule has 2 fully saturated rings. The molecule has 5 nitrogen and oxygen atoms in total. The van der Waals surface area contributed by atoms with E-state index in [9.17, 15) is 19.1 Å². The number of hydrogen-bond acceptors (Lipinski definition) is 3. The monoisotopic (exact) mass is 348 g/mol. The van der Waals surface area contributed by atoms with Gasteiger partial charge in [-0.05, 0) is 18.9 Å². The van der Waals surface area contributed by atoms with E-state index in [0.29, 0.717) is 51.1 Å². The SMILES string of the molecule is O=C(O)[C@H]1CCCC[C@@H]1C(=O)N1CCN(Cc2ccccc2F)CC1. The molecule has 1 amide bonds. The summed E-state index contributed by atoms with van der Waals surface area (Å²) >= 11 is 0. The maximum atomic E-state index is 13.8. The van der Waals surface area contributed by atoms with Crippen LogP contribution in [0, 0.1) is 17.7 Å². The number of piperazine rings is 1. The van der Waals surface area contributed by atoms with Crippen molar-refractivity contribution in [2.75, 3.05) is 26.2 Å². The molecular weight excluding hydrogens is 323 g/mol. The third-order valence-corrected chi connectivity index (χ3v) is 5.44. The van der Waals surface area contributed by atoms with E-state index in [1.807, 2.05) is 6.07 Å². The van der Waals surface area contributed by atoms with Crippen LogP contribution >= 0.6 is 0 Å². The van der Waals surface area contributed by atoms with Gasteiger partial charge in [-0.15, -0.1) is 0 Å². The highest BCUT2D eigenvalue weighted by molar-refractivity contribution is 5.85. The zero-order valence-electron chi connectivity index (χ0n) is 14.4. The van der Waals surface area contributed by atoms with E-state index >= 15 is 0 Å². The van der Waals surface area contributed by atoms with E-state index in [1.54, 1.807) is 17.0 Å². The molecular formula is C19H25FN2O3. The molecule has 0 radical (unpaired) electrons. The molecule has 2 aliphatic rings. The summed E-state index contributed by atoms with van der Waals surface area (Å²) in [7, 11) is 0. The molecule has 3 rings (SSSR count). The van der Waals surface area contributed by atoms with Crippen molar-refractivity contribution in [3.8, 4) is 0 Å². The van der Waals surface area contributed by atoms with E-state index in [0.717, 1.165) is 12.8 Å². The van der Waals surface area contributed by atoms with Crippen LogP contribution in [0.3, 0.4) is 0 Å². The van der Waals surface area contributed by atoms with Gasteiger partial charge < -0.3 is 10.0 Å². The molecule has 1 aliphatic heterocycles. The number of halogens is 1. The summed E-state index contributed by atoms with van der Waals surface area (Å²) in [5.41, 5.74) is 0.667. The predicted octanol–water partition coefficient (Wildman–Crippen LogP) is 2.36. The number of nitrogens with zero attached hydrogens (tertiary/aromatic N) is 2. The molecule has 1 heterocycles. The Kier molecular flexibility index (Phi) is 5.68. The van der Waals surface area contributed by atoms with Gasteiger partial charge in [0.1, 0.15) is 5.82 Å². The van der Waals surface area contributed by atoms with Crippen LogP contribution in [-0.2, 0) is 16.1 Å². The van der Waals surface area contributed by atoms with E-state index in [2.05, 4.69) is 4.90 Å². The molecule has 25 heavy (non-hydrogen) atoms. The lowest BCUT2D eigenvalue weighted by Gasteiger charge is -2.38. The fourth-order valence-electron chi connectivity index (χ4n) is 3.95. The van der Waals surface area contributed by atoms with Crippen molar-refractivity contribution in [3.05, 3.63) is 35.6 Å². The van der Waals surface area contributed by atoms with Crippen LogP contribution in [0.25, 0.3) is 0 Å². The first-order valence-electron chi connectivity index (χ1n) is 9.03. The molecule has 1 aromatic carbocycles. The minimum absolute atomic E-state index is 0.0161. The van der Waals surface area contributed by atoms with Crippen molar-refractivity contribution < 1.29 is 19.1 Å². The molecule has 6 heteroatoms. The molecule has 0 unspecified atom stereocenters. The number of carboxylic acid groups (broad SMARTS) is 1. The van der Waals surface area contributed by atoms with Crippen LogP contribution < -0.4 is 0 Å². The van der Waals surface area contributed by atoms with Crippen LogP contribution in [0.15, 0.2) is 24.3 Å². The molecule has 2 atom stereocenters. The Morgan fingerprint density at radius 1 is 1.04 bits per heavy atom. The lowest BCUT2D eigenvalue weighted by molar-refractivity contribution is -0.153. The van der Waals surface area contributed by atoms with Crippen molar-refractivity contribution in [3.63, 3.8) is 0 Å². The Labute approximate surface area is 147 Å². The van der Waals surface area contributed by atoms with Crippen LogP contribution in [0.2, 0.25) is 0 Å². The van der Waals surface area contributed by atoms with Crippen molar-refractivity contribution >= 4 is 11.9 Å². The first-order chi connectivity index (χ1) is 12.1. The number of hydrogen-bond donors (Lipinski definition) is 1. The Balaban J connectivity index is 1.55. The summed E-state index contributed by atoms with van der Waals surface area (Å²) in [4.78, 5) is 28.1. The Bertz CT molecular complexity index is 629. The highest BCUT2D eigenvalue weighted by Gasteiger charge is 2.38. The summed E-state index contributed by atoms with van der Waals surface area (Å²) in [6.07, 6.45) is 3.08. The molecule has 0 bridgehead atoms. The largest absolute Gasteiger partial charge is 0.481 e. The van der Waals surface area contributed by atoms with Gasteiger partial charge in [0.2, 0.25) is 5.91 Å². The van der Waals surface area contributed by atoms with Crippen molar-refractivity contribution in [2.24, 2.45) is 11.8 Å². The Morgan fingerprint density at radius 2 is 1.68 bits per heavy atom. The van der Waals surface area contributed by atoms with E-state index in [-0.39, 0.29) is 17.6 Å². The summed E-state index contributed by atoms with van der Waals surface area (Å²) in [5, 5.41) is 9.37. The number of aliphatic carboxylic acids is 1. The van der Waals surface area contributed by atoms with Gasteiger partial charge in [0.25, 0.3) is 0 Å². The lowest BCUT2D eigenvalue weighted by Crippen LogP contribution is -2.51. The van der Waals surface area contributed by atoms with Crippen molar-refractivity contribution in [1.29, 1.82) is 0 Å². The highest BCUT2D eigenvalue weighted by atomic mass is 19.1. The summed E-state index contributed by atoms with van der Waals surface area (Å²) in [6.45, 7) is 3.07. The topological polar surface area (TPSA) is 60.9 Å². The Hall–Kier alpha value is -1.95. The van der Waals surface area contributed by atoms with Gasteiger partial charge in [0, 0.05) is 38.3 Å². The lowest BCUT2D eigenvalue weighted by atomic mass is 9.78. The third kappa shape index (κ3) is 4.18. The fourth-order valence-corrected chi connectivity index (χ4v) is 3.95. The Morgan fingerprint density at radius 3 is 2.32 bits per heavy atom. The standard InChI is InChI=1S/C19H25FN2O3/c20-17-8-4-1-5-14(17)13-21-9-11-22(12-10-21)18(23)15-6-2-3-7-16(15)19(24)25/h1,4-5,8,15-16H,2-3,6-7,9-13H2,(H,24,25)/t15-,16-/m0/s1. The molecule has 1 aromatic rings. The quantitative estimate of drug-likeness (QED) is 0.907. The van der Waals surface area contributed by atoms with Crippen LogP contribution in [0.1, 0.15) is 31.2 Å². The number of amides is 1. The van der Waals surface area contributed by atoms with E-state index < -0.39 is 11.9 Å². The molecule has 0 aromatic heterocycles. The smallest absolute Gasteiger partial charge is 0.307 e. The van der Waals surface area contributed by atoms with Gasteiger partial charge in [0.05, 0.1) is 11.8 Å². The van der Waals surface area contributed by atoms with Gasteiger partial charge in [-0.25, -0.2) is 4.39 Å². The van der Waals surface area contributed by atoms with Crippen LogP contribution in [0.5, 0.6) is 0 Å². The maximum Gasteiger partial charge on any atom is 0.307 e. The minimum atomic E-state index is -0.851. The minimum Gasteiger partial charge on any atom is -0.481 e. The first kappa shape index (κ1) is 17.9. The summed E-state index contributed by atoms with van der Waals surface area (Å²) in [6, 6.07) is 6.75. The number of benzene rings is 1. The molecule has 1 saturated carbocycles. The second-order valence-electron chi connectivity index (χ2n) is 7.03. The van der Waals surface area contributed by atoms with E-state index in [4.69, 9.17) is 0 Å². The van der Waals surface area contributed by atoms with Gasteiger partial charge >= 0.3 is 5.97 Å². The normalized spacial score (nSPS) is 24.9. The molecule has 1 saturated heterocycles. The summed E-state index contributed by atoms with van der Waals surface area (Å²) in [5.74, 6) is -2.00. The van der Waals surface area contributed by atoms with Gasteiger partial charge in [-0.1, -0.05) is 31.0 Å². The fraction of sp³-hybridized carbons (Fsp3) is 0.579. The van der Waals surface area contributed by atoms with Crippen molar-refractivity contribution in [2.45, 2.75) is 32.2 Å². The van der Waals surface area contributed by atoms with Crippen LogP contribution in [-0.4, -0.2) is 53.0 Å². The number of carboxylic acids is 1. The molecule has 1 N–H and O–H groups in total. The van der Waals surface area contributed by atoms with Crippen molar-refractivity contribution in [1.82, 2.24) is 9.80 Å². The number of carbonyl (C=O) groups excluding carboxylic acids is 1. The second kappa shape index (κ2) is 7.95. The molecule has 0 spiro atoms. The number of rotatable bonds is 4. The highest BCUT2D eigenvalue weighted by Crippen LogP contribution is 2.32. The molecule has 136 valence electrons. The van der Waals surface area contributed by atoms with Gasteiger partial charge in [0.15, 0.2) is 0 Å². The average Bonchev–Trinajstić information content (AvgIpc) is 2.63. The zero-order chi connectivity index (χ0) is 17.8. The third-order valence-electron chi connectivity index (χ3n) is 5.44. The maximum absolute atomic E-state index is 13.8.